The van der Waals surface area contributed by atoms with Gasteiger partial charge in [-0.25, -0.2) is 0 Å². The maximum absolute atomic E-state index is 12.1. The molecule has 0 aromatic heterocycles. The van der Waals surface area contributed by atoms with Crippen LogP contribution in [0.3, 0.4) is 0 Å². The topological polar surface area (TPSA) is 89.8 Å². The van der Waals surface area contributed by atoms with E-state index < -0.39 is 4.92 Å². The molecule has 2 rings (SSSR count). The van der Waals surface area contributed by atoms with E-state index in [9.17, 15) is 19.7 Å². The van der Waals surface area contributed by atoms with Crippen LogP contribution in [0.1, 0.15) is 5.56 Å². The Morgan fingerprint density at radius 2 is 2.09 bits per heavy atom. The van der Waals surface area contributed by atoms with E-state index in [0.717, 1.165) is 16.7 Å². The van der Waals surface area contributed by atoms with Crippen LogP contribution < -0.4 is 0 Å². The Morgan fingerprint density at radius 3 is 2.78 bits per heavy atom. The van der Waals surface area contributed by atoms with E-state index >= 15 is 0 Å². The molecule has 1 heterocycles. The number of benzene rings is 1. The van der Waals surface area contributed by atoms with Crippen molar-refractivity contribution in [3.05, 3.63) is 57.0 Å². The van der Waals surface area contributed by atoms with Gasteiger partial charge in [-0.15, -0.1) is 0 Å². The molecule has 7 nitrogen and oxygen atoms in total. The van der Waals surface area contributed by atoms with Crippen molar-refractivity contribution >= 4 is 34.7 Å². The van der Waals surface area contributed by atoms with Gasteiger partial charge in [-0.05, 0) is 30.0 Å². The molecule has 120 valence electrons. The largest absolute Gasteiger partial charge is 0.383 e. The molecule has 1 aromatic carbocycles. The van der Waals surface area contributed by atoms with Crippen LogP contribution in [0.25, 0.3) is 6.08 Å². The number of carbonyl (C=O) groups excluding carboxylic acids is 2. The number of nitro groups is 1. The second-order valence-corrected chi connectivity index (χ2v) is 5.52. The van der Waals surface area contributed by atoms with Gasteiger partial charge in [0, 0.05) is 13.2 Å². The Kier molecular flexibility index (Phi) is 5.67. The predicted octanol–water partition coefficient (Wildman–Crippen LogP) is 2.83. The molecule has 0 N–H and O–H groups in total. The van der Waals surface area contributed by atoms with Gasteiger partial charge in [0.25, 0.3) is 16.8 Å². The first kappa shape index (κ1) is 16.9. The molecule has 23 heavy (non-hydrogen) atoms. The molecule has 0 bridgehead atoms. The summed E-state index contributed by atoms with van der Waals surface area (Å²) in [5.41, 5.74) is 0.401. The zero-order valence-corrected chi connectivity index (χ0v) is 13.1. The fourth-order valence-electron chi connectivity index (χ4n) is 1.92. The van der Waals surface area contributed by atoms with Crippen molar-refractivity contribution in [2.45, 2.75) is 0 Å². The fraction of sp³-hybridized carbons (Fsp3) is 0.200. The number of nitrogens with zero attached hydrogens (tertiary/aromatic N) is 2. The molecule has 1 aliphatic rings. The van der Waals surface area contributed by atoms with Gasteiger partial charge in [0.1, 0.15) is 0 Å². The first-order chi connectivity index (χ1) is 11.0. The van der Waals surface area contributed by atoms with Gasteiger partial charge < -0.3 is 4.74 Å². The molecule has 0 unspecified atom stereocenters. The maximum Gasteiger partial charge on any atom is 0.293 e. The average molecular weight is 334 g/mol. The third-order valence-electron chi connectivity index (χ3n) is 3.05. The van der Waals surface area contributed by atoms with E-state index in [1.54, 1.807) is 18.2 Å². The molecule has 8 heteroatoms. The van der Waals surface area contributed by atoms with E-state index in [1.807, 2.05) is 0 Å². The highest BCUT2D eigenvalue weighted by molar-refractivity contribution is 8.18. The summed E-state index contributed by atoms with van der Waals surface area (Å²) in [6, 6.07) is 6.27. The van der Waals surface area contributed by atoms with Gasteiger partial charge in [0.05, 0.1) is 28.5 Å². The van der Waals surface area contributed by atoms with Gasteiger partial charge >= 0.3 is 0 Å². The summed E-state index contributed by atoms with van der Waals surface area (Å²) in [5.74, 6) is -0.385. The molecule has 1 aromatic rings. The molecule has 0 saturated carbocycles. The van der Waals surface area contributed by atoms with Gasteiger partial charge in [-0.2, -0.15) is 0 Å². The number of carbonyl (C=O) groups is 2. The zero-order valence-electron chi connectivity index (χ0n) is 12.3. The SMILES string of the molecule is COCCN1C(=O)S/C(=C/C=C/c2ccccc2[N+](=O)[O-])C1=O. The number of rotatable bonds is 6. The molecule has 0 radical (unpaired) electrons. The van der Waals surface area contributed by atoms with Crippen LogP contribution in [-0.2, 0) is 9.53 Å². The fourth-order valence-corrected chi connectivity index (χ4v) is 2.74. The number of methoxy groups -OCH3 is 1. The lowest BCUT2D eigenvalue weighted by Crippen LogP contribution is -2.31. The number of allylic oxidation sites excluding steroid dienone is 2. The molecule has 0 spiro atoms. The van der Waals surface area contributed by atoms with Crippen LogP contribution >= 0.6 is 11.8 Å². The van der Waals surface area contributed by atoms with Gasteiger partial charge in [0.15, 0.2) is 0 Å². The first-order valence-corrected chi connectivity index (χ1v) is 7.50. The van der Waals surface area contributed by atoms with Crippen LogP contribution in [0.2, 0.25) is 0 Å². The Labute approximate surface area is 136 Å². The minimum absolute atomic E-state index is 0.0228. The van der Waals surface area contributed by atoms with Gasteiger partial charge in [0.2, 0.25) is 0 Å². The average Bonchev–Trinajstić information content (AvgIpc) is 2.80. The number of imide groups is 1. The highest BCUT2D eigenvalue weighted by Gasteiger charge is 2.34. The summed E-state index contributed by atoms with van der Waals surface area (Å²) in [6.07, 6.45) is 4.53. The second-order valence-electron chi connectivity index (χ2n) is 4.52. The number of para-hydroxylation sites is 1. The van der Waals surface area contributed by atoms with Crippen LogP contribution in [0, 0.1) is 10.1 Å². The molecule has 1 fully saturated rings. The van der Waals surface area contributed by atoms with Crippen LogP contribution in [0.15, 0.2) is 41.3 Å². The van der Waals surface area contributed by atoms with E-state index in [2.05, 4.69) is 0 Å². The lowest BCUT2D eigenvalue weighted by molar-refractivity contribution is -0.385. The van der Waals surface area contributed by atoms with Crippen molar-refractivity contribution in [1.82, 2.24) is 4.90 Å². The zero-order chi connectivity index (χ0) is 16.8. The summed E-state index contributed by atoms with van der Waals surface area (Å²) < 4.78 is 4.86. The quantitative estimate of drug-likeness (QED) is 0.451. The number of nitro benzene ring substituents is 1. The molecule has 1 saturated heterocycles. The summed E-state index contributed by atoms with van der Waals surface area (Å²) in [7, 11) is 1.49. The highest BCUT2D eigenvalue weighted by Crippen LogP contribution is 2.30. The van der Waals surface area contributed by atoms with Crippen molar-refractivity contribution in [3.63, 3.8) is 0 Å². The van der Waals surface area contributed by atoms with Crippen molar-refractivity contribution in [1.29, 1.82) is 0 Å². The molecular weight excluding hydrogens is 320 g/mol. The standard InChI is InChI=1S/C15H14N2O5S/c1-22-10-9-16-14(18)13(23-15(16)19)8-4-6-11-5-2-3-7-12(11)17(20)21/h2-8H,9-10H2,1H3/b6-4+,13-8+. The van der Waals surface area contributed by atoms with Crippen molar-refractivity contribution in [3.8, 4) is 0 Å². The minimum Gasteiger partial charge on any atom is -0.383 e. The van der Waals surface area contributed by atoms with E-state index in [1.165, 1.54) is 31.4 Å². The predicted molar refractivity (Wildman–Crippen MR) is 86.8 cm³/mol. The Balaban J connectivity index is 2.13. The molecule has 1 aliphatic heterocycles. The first-order valence-electron chi connectivity index (χ1n) is 6.69. The van der Waals surface area contributed by atoms with E-state index in [4.69, 9.17) is 4.74 Å². The Hall–Kier alpha value is -2.45. The minimum atomic E-state index is -0.474. The van der Waals surface area contributed by atoms with Crippen molar-refractivity contribution in [2.75, 3.05) is 20.3 Å². The summed E-state index contributed by atoms with van der Waals surface area (Å²) in [6.45, 7) is 0.476. The monoisotopic (exact) mass is 334 g/mol. The third-order valence-corrected chi connectivity index (χ3v) is 3.98. The summed E-state index contributed by atoms with van der Waals surface area (Å²) in [4.78, 5) is 35.6. The smallest absolute Gasteiger partial charge is 0.293 e. The Bertz CT molecular complexity index is 699. The Morgan fingerprint density at radius 1 is 1.35 bits per heavy atom. The number of amides is 2. The van der Waals surface area contributed by atoms with Crippen molar-refractivity contribution < 1.29 is 19.2 Å². The number of thioether (sulfide) groups is 1. The number of ether oxygens (including phenoxy) is 1. The highest BCUT2D eigenvalue weighted by atomic mass is 32.2. The van der Waals surface area contributed by atoms with Crippen LogP contribution in [-0.4, -0.2) is 41.2 Å². The lowest BCUT2D eigenvalue weighted by Gasteiger charge is -2.10. The van der Waals surface area contributed by atoms with Crippen LogP contribution in [0.5, 0.6) is 0 Å². The maximum atomic E-state index is 12.1. The van der Waals surface area contributed by atoms with Crippen LogP contribution in [0.4, 0.5) is 10.5 Å². The van der Waals surface area contributed by atoms with E-state index in [-0.39, 0.29) is 34.9 Å². The lowest BCUT2D eigenvalue weighted by atomic mass is 10.1. The number of hydrogen-bond donors (Lipinski definition) is 0. The third kappa shape index (κ3) is 4.05. The number of hydrogen-bond acceptors (Lipinski definition) is 6. The summed E-state index contributed by atoms with van der Waals surface area (Å²) >= 11 is 0.836. The molecule has 2 amide bonds. The van der Waals surface area contributed by atoms with Gasteiger partial charge in [-0.1, -0.05) is 18.2 Å². The second kappa shape index (κ2) is 7.70. The normalized spacial score (nSPS) is 16.7. The van der Waals surface area contributed by atoms with E-state index in [0.29, 0.717) is 5.56 Å². The van der Waals surface area contributed by atoms with Gasteiger partial charge in [-0.3, -0.25) is 24.6 Å². The molecule has 0 atom stereocenters. The van der Waals surface area contributed by atoms with Crippen molar-refractivity contribution in [2.24, 2.45) is 0 Å². The summed E-state index contributed by atoms with van der Waals surface area (Å²) in [5, 5.41) is 10.6. The molecule has 0 aliphatic carbocycles. The molecular formula is C15H14N2O5S.